The molecule has 0 amide bonds. The molecule has 3 fully saturated rings. The zero-order chi connectivity index (χ0) is 13.8. The van der Waals surface area contributed by atoms with Crippen molar-refractivity contribution in [1.29, 1.82) is 0 Å². The van der Waals surface area contributed by atoms with Crippen LogP contribution >= 0.6 is 0 Å². The largest absolute Gasteiger partial charge is 0.488 e. The van der Waals surface area contributed by atoms with E-state index in [2.05, 4.69) is 31.2 Å². The highest BCUT2D eigenvalue weighted by Crippen LogP contribution is 2.33. The summed E-state index contributed by atoms with van der Waals surface area (Å²) in [5.74, 6) is 2.08. The maximum atomic E-state index is 5.97. The average molecular weight is 274 g/mol. The van der Waals surface area contributed by atoms with Gasteiger partial charge in [0, 0.05) is 0 Å². The number of ether oxygens (including phenoxy) is 1. The van der Waals surface area contributed by atoms with Crippen LogP contribution in [0, 0.1) is 5.92 Å². The van der Waals surface area contributed by atoms with E-state index in [0.29, 0.717) is 0 Å². The van der Waals surface area contributed by atoms with Crippen LogP contribution in [0.5, 0.6) is 5.75 Å². The number of nitrogens with zero attached hydrogens (tertiary/aromatic N) is 1. The van der Waals surface area contributed by atoms with Crippen molar-refractivity contribution in [3.63, 3.8) is 0 Å². The second-order valence-electron chi connectivity index (χ2n) is 6.71. The first-order valence-corrected chi connectivity index (χ1v) is 8.36. The number of piperidine rings is 3. The van der Waals surface area contributed by atoms with E-state index in [1.807, 2.05) is 0 Å². The zero-order valence-corrected chi connectivity index (χ0v) is 12.8. The van der Waals surface area contributed by atoms with E-state index in [9.17, 15) is 0 Å². The molecule has 0 spiro atoms. The Balaban J connectivity index is 1.47. The predicted molar refractivity (Wildman–Crippen MR) is 83.0 cm³/mol. The van der Waals surface area contributed by atoms with Crippen LogP contribution in [0.1, 0.15) is 38.2 Å². The van der Waals surface area contributed by atoms with E-state index in [4.69, 9.17) is 4.74 Å². The lowest BCUT2D eigenvalue weighted by molar-refractivity contribution is -0.942. The summed E-state index contributed by atoms with van der Waals surface area (Å²) in [5.41, 5.74) is 1.42. The van der Waals surface area contributed by atoms with Gasteiger partial charge in [-0.2, -0.15) is 0 Å². The third kappa shape index (κ3) is 3.17. The number of rotatable bonds is 6. The van der Waals surface area contributed by atoms with Crippen molar-refractivity contribution in [2.75, 3.05) is 32.8 Å². The smallest absolute Gasteiger partial charge is 0.137 e. The topological polar surface area (TPSA) is 9.23 Å². The highest BCUT2D eigenvalue weighted by atomic mass is 16.5. The van der Waals surface area contributed by atoms with Gasteiger partial charge in [-0.15, -0.1) is 0 Å². The Bertz CT molecular complexity index is 404. The molecule has 2 nitrogen and oxygen atoms in total. The van der Waals surface area contributed by atoms with Crippen molar-refractivity contribution in [2.24, 2.45) is 5.92 Å². The number of aryl methyl sites for hydroxylation is 1. The molecule has 0 unspecified atom stereocenters. The number of hydrogen-bond donors (Lipinski definition) is 0. The van der Waals surface area contributed by atoms with Crippen molar-refractivity contribution >= 4 is 0 Å². The summed E-state index contributed by atoms with van der Waals surface area (Å²) >= 11 is 0. The minimum Gasteiger partial charge on any atom is -0.488 e. The summed E-state index contributed by atoms with van der Waals surface area (Å²) in [6.07, 6.45) is 6.73. The third-order valence-electron chi connectivity index (χ3n) is 5.33. The molecule has 3 aliphatic heterocycles. The minimum absolute atomic E-state index is 0.873. The molecule has 0 aromatic heterocycles. The maximum Gasteiger partial charge on any atom is 0.137 e. The molecule has 20 heavy (non-hydrogen) atoms. The van der Waals surface area contributed by atoms with Crippen LogP contribution in [0.3, 0.4) is 0 Å². The predicted octanol–water partition coefficient (Wildman–Crippen LogP) is 3.65. The molecule has 0 radical (unpaired) electrons. The molecule has 0 atom stereocenters. The van der Waals surface area contributed by atoms with E-state index in [-0.39, 0.29) is 0 Å². The molecule has 2 heteroatoms. The molecular weight excluding hydrogens is 246 g/mol. The van der Waals surface area contributed by atoms with Gasteiger partial charge in [0.2, 0.25) is 0 Å². The summed E-state index contributed by atoms with van der Waals surface area (Å²) in [6.45, 7) is 8.47. The van der Waals surface area contributed by atoms with Gasteiger partial charge in [0.05, 0.1) is 19.6 Å². The van der Waals surface area contributed by atoms with Crippen molar-refractivity contribution in [1.82, 2.24) is 0 Å². The van der Waals surface area contributed by atoms with Crippen LogP contribution in [-0.2, 0) is 6.42 Å². The number of fused-ring (bicyclic) bond motifs is 3. The standard InChI is InChI=1S/C18H28NO/c1-2-3-16-4-6-18(7-5-16)20-15-14-19-11-8-17(9-12-19)10-13-19/h4-7,17H,2-3,8-15H2,1H3/q+1. The lowest BCUT2D eigenvalue weighted by Gasteiger charge is -2.49. The quantitative estimate of drug-likeness (QED) is 0.720. The minimum atomic E-state index is 0.873. The Morgan fingerprint density at radius 3 is 2.30 bits per heavy atom. The molecule has 1 aromatic carbocycles. The zero-order valence-electron chi connectivity index (χ0n) is 12.8. The molecule has 3 heterocycles. The monoisotopic (exact) mass is 274 g/mol. The van der Waals surface area contributed by atoms with Crippen LogP contribution < -0.4 is 4.74 Å². The summed E-state index contributed by atoms with van der Waals surface area (Å²) in [5, 5.41) is 0. The van der Waals surface area contributed by atoms with Crippen LogP contribution in [0.2, 0.25) is 0 Å². The summed E-state index contributed by atoms with van der Waals surface area (Å²) in [6, 6.07) is 8.68. The van der Waals surface area contributed by atoms with Crippen LogP contribution in [-0.4, -0.2) is 37.3 Å². The Labute approximate surface area is 123 Å². The fourth-order valence-electron chi connectivity index (χ4n) is 3.87. The van der Waals surface area contributed by atoms with Gasteiger partial charge < -0.3 is 9.22 Å². The molecule has 0 aliphatic carbocycles. The SMILES string of the molecule is CCCc1ccc(OCC[N+]23CCC(CC2)CC3)cc1. The van der Waals surface area contributed by atoms with Crippen molar-refractivity contribution in [3.05, 3.63) is 29.8 Å². The van der Waals surface area contributed by atoms with E-state index in [1.165, 1.54) is 68.3 Å². The second kappa shape index (κ2) is 6.17. The number of quaternary nitrogens is 1. The Morgan fingerprint density at radius 2 is 1.70 bits per heavy atom. The van der Waals surface area contributed by atoms with Crippen molar-refractivity contribution in [3.8, 4) is 5.75 Å². The molecule has 3 aliphatic rings. The van der Waals surface area contributed by atoms with E-state index < -0.39 is 0 Å². The number of benzene rings is 1. The lowest BCUT2D eigenvalue weighted by atomic mass is 9.86. The Hall–Kier alpha value is -1.02. The van der Waals surface area contributed by atoms with Gasteiger partial charge in [-0.25, -0.2) is 0 Å². The van der Waals surface area contributed by atoms with Gasteiger partial charge in [0.15, 0.2) is 0 Å². The van der Waals surface area contributed by atoms with Crippen molar-refractivity contribution in [2.45, 2.75) is 39.0 Å². The Morgan fingerprint density at radius 1 is 1.05 bits per heavy atom. The van der Waals surface area contributed by atoms with E-state index in [1.54, 1.807) is 0 Å². The second-order valence-corrected chi connectivity index (χ2v) is 6.71. The molecule has 1 aromatic rings. The summed E-state index contributed by atoms with van der Waals surface area (Å²) in [4.78, 5) is 0. The Kier molecular flexibility index (Phi) is 4.30. The molecule has 4 rings (SSSR count). The van der Waals surface area contributed by atoms with Crippen LogP contribution in [0.15, 0.2) is 24.3 Å². The normalized spacial score (nSPS) is 28.6. The van der Waals surface area contributed by atoms with Crippen molar-refractivity contribution < 1.29 is 9.22 Å². The lowest BCUT2D eigenvalue weighted by Crippen LogP contribution is -2.59. The fraction of sp³-hybridized carbons (Fsp3) is 0.667. The molecule has 3 saturated heterocycles. The molecule has 2 bridgehead atoms. The van der Waals surface area contributed by atoms with Gasteiger partial charge >= 0.3 is 0 Å². The average Bonchev–Trinajstić information content (AvgIpc) is 2.51. The molecule has 0 N–H and O–H groups in total. The highest BCUT2D eigenvalue weighted by molar-refractivity contribution is 5.27. The van der Waals surface area contributed by atoms with E-state index >= 15 is 0 Å². The summed E-state index contributed by atoms with van der Waals surface area (Å²) in [7, 11) is 0. The highest BCUT2D eigenvalue weighted by Gasteiger charge is 2.39. The maximum absolute atomic E-state index is 5.97. The molecule has 110 valence electrons. The van der Waals surface area contributed by atoms with Gasteiger partial charge in [-0.3, -0.25) is 0 Å². The van der Waals surface area contributed by atoms with Gasteiger partial charge in [0.25, 0.3) is 0 Å². The molecular formula is C18H28NO+. The third-order valence-corrected chi connectivity index (χ3v) is 5.33. The van der Waals surface area contributed by atoms with Gasteiger partial charge in [-0.1, -0.05) is 25.5 Å². The molecule has 0 saturated carbocycles. The number of hydrogen-bond acceptors (Lipinski definition) is 1. The van der Waals surface area contributed by atoms with Crippen LogP contribution in [0.4, 0.5) is 0 Å². The fourth-order valence-corrected chi connectivity index (χ4v) is 3.87. The van der Waals surface area contributed by atoms with E-state index in [0.717, 1.165) is 18.3 Å². The van der Waals surface area contributed by atoms with Gasteiger partial charge in [-0.05, 0) is 49.3 Å². The van der Waals surface area contributed by atoms with Crippen LogP contribution in [0.25, 0.3) is 0 Å². The van der Waals surface area contributed by atoms with Gasteiger partial charge in [0.1, 0.15) is 18.9 Å². The first kappa shape index (κ1) is 13.9. The summed E-state index contributed by atoms with van der Waals surface area (Å²) < 4.78 is 7.29. The first-order chi connectivity index (χ1) is 9.80. The first-order valence-electron chi connectivity index (χ1n) is 8.36.